The Morgan fingerprint density at radius 3 is 2.45 bits per heavy atom. The van der Waals surface area contributed by atoms with Crippen molar-refractivity contribution in [1.29, 1.82) is 0 Å². The molecule has 2 aliphatic carbocycles. The van der Waals surface area contributed by atoms with Gasteiger partial charge in [0.1, 0.15) is 0 Å². The number of sulfonamides is 1. The summed E-state index contributed by atoms with van der Waals surface area (Å²) in [7, 11) is -3.07. The first-order valence-corrected chi connectivity index (χ1v) is 10.7. The van der Waals surface area contributed by atoms with Crippen LogP contribution in [0.2, 0.25) is 0 Å². The van der Waals surface area contributed by atoms with Gasteiger partial charge in [-0.15, -0.1) is 0 Å². The summed E-state index contributed by atoms with van der Waals surface area (Å²) >= 11 is 0. The van der Waals surface area contributed by atoms with E-state index in [1.165, 1.54) is 32.1 Å². The monoisotopic (exact) mass is 326 g/mol. The van der Waals surface area contributed by atoms with E-state index in [9.17, 15) is 8.42 Å². The zero-order valence-electron chi connectivity index (χ0n) is 13.6. The van der Waals surface area contributed by atoms with Crippen LogP contribution in [0.1, 0.15) is 57.8 Å². The van der Waals surface area contributed by atoms with Gasteiger partial charge in [0, 0.05) is 12.6 Å². The Kier molecular flexibility index (Phi) is 5.58. The molecule has 0 unspecified atom stereocenters. The van der Waals surface area contributed by atoms with E-state index in [-0.39, 0.29) is 6.04 Å². The molecule has 1 aliphatic heterocycles. The van der Waals surface area contributed by atoms with Crippen molar-refractivity contribution in [2.24, 2.45) is 5.92 Å². The molecule has 0 atom stereocenters. The molecule has 22 heavy (non-hydrogen) atoms. The molecule has 2 fully saturated rings. The predicted molar refractivity (Wildman–Crippen MR) is 90.3 cm³/mol. The van der Waals surface area contributed by atoms with Crippen molar-refractivity contribution in [3.8, 4) is 0 Å². The lowest BCUT2D eigenvalue weighted by Crippen LogP contribution is -2.46. The average molecular weight is 327 g/mol. The topological polar surface area (TPSA) is 49.4 Å². The largest absolute Gasteiger partial charge is 0.299 e. The Morgan fingerprint density at radius 1 is 1.09 bits per heavy atom. The summed E-state index contributed by atoms with van der Waals surface area (Å²) in [6.07, 6.45) is 12.9. The molecular weight excluding hydrogens is 296 g/mol. The molecular formula is C17H30N2O2S. The maximum absolute atomic E-state index is 12.2. The van der Waals surface area contributed by atoms with Gasteiger partial charge in [0.15, 0.2) is 0 Å². The van der Waals surface area contributed by atoms with Crippen LogP contribution >= 0.6 is 0 Å². The Morgan fingerprint density at radius 2 is 1.86 bits per heavy atom. The van der Waals surface area contributed by atoms with Crippen LogP contribution in [-0.4, -0.2) is 44.7 Å². The van der Waals surface area contributed by atoms with Crippen LogP contribution in [-0.2, 0) is 10.0 Å². The van der Waals surface area contributed by atoms with Crippen molar-refractivity contribution in [2.75, 3.05) is 25.4 Å². The molecule has 0 amide bonds. The molecule has 126 valence electrons. The smallest absolute Gasteiger partial charge is 0.212 e. The number of nitrogens with zero attached hydrogens (tertiary/aromatic N) is 1. The average Bonchev–Trinajstić information content (AvgIpc) is 2.46. The zero-order chi connectivity index (χ0) is 15.4. The van der Waals surface area contributed by atoms with Gasteiger partial charge in [-0.05, 0) is 70.4 Å². The number of nitrogens with one attached hydrogen (secondary N) is 1. The fourth-order valence-corrected chi connectivity index (χ4v) is 5.61. The van der Waals surface area contributed by atoms with E-state index >= 15 is 0 Å². The third-order valence-corrected chi connectivity index (χ3v) is 7.03. The molecule has 0 radical (unpaired) electrons. The molecule has 1 N–H and O–H groups in total. The number of likely N-dealkylation sites (tertiary alicyclic amines) is 1. The van der Waals surface area contributed by atoms with Crippen LogP contribution in [0.15, 0.2) is 11.6 Å². The van der Waals surface area contributed by atoms with E-state index < -0.39 is 10.0 Å². The van der Waals surface area contributed by atoms with Crippen LogP contribution in [0.3, 0.4) is 0 Å². The molecule has 4 nitrogen and oxygen atoms in total. The minimum Gasteiger partial charge on any atom is -0.299 e. The fraction of sp³-hybridized carbons (Fsp3) is 0.882. The van der Waals surface area contributed by atoms with Gasteiger partial charge in [-0.2, -0.15) is 0 Å². The molecule has 1 heterocycles. The molecule has 1 saturated carbocycles. The number of piperidine rings is 1. The van der Waals surface area contributed by atoms with E-state index in [1.54, 1.807) is 5.57 Å². The molecule has 3 aliphatic rings. The van der Waals surface area contributed by atoms with Gasteiger partial charge < -0.3 is 0 Å². The van der Waals surface area contributed by atoms with E-state index in [1.807, 2.05) is 0 Å². The maximum atomic E-state index is 12.2. The van der Waals surface area contributed by atoms with Crippen molar-refractivity contribution in [1.82, 2.24) is 9.62 Å². The second kappa shape index (κ2) is 7.45. The third-order valence-electron chi connectivity index (χ3n) is 5.43. The van der Waals surface area contributed by atoms with E-state index in [4.69, 9.17) is 0 Å². The second-order valence-corrected chi connectivity index (χ2v) is 9.15. The van der Waals surface area contributed by atoms with E-state index in [2.05, 4.69) is 15.7 Å². The standard InChI is InChI=1S/C17H30N2O2S/c20-22(21,14-16-7-4-8-16)18-17-9-11-19(12-10-17)13-15-5-2-1-3-6-15/h5,16-18H,1-4,6-14H2. The summed E-state index contributed by atoms with van der Waals surface area (Å²) in [6, 6.07) is 0.154. The Balaban J connectivity index is 1.40. The highest BCUT2D eigenvalue weighted by molar-refractivity contribution is 7.89. The highest BCUT2D eigenvalue weighted by Crippen LogP contribution is 2.27. The molecule has 3 rings (SSSR count). The number of hydrogen-bond acceptors (Lipinski definition) is 3. The van der Waals surface area contributed by atoms with Crippen LogP contribution in [0, 0.1) is 5.92 Å². The van der Waals surface area contributed by atoms with Crippen molar-refractivity contribution in [3.63, 3.8) is 0 Å². The highest BCUT2D eigenvalue weighted by Gasteiger charge is 2.28. The van der Waals surface area contributed by atoms with Gasteiger partial charge in [0.25, 0.3) is 0 Å². The lowest BCUT2D eigenvalue weighted by atomic mass is 9.87. The lowest BCUT2D eigenvalue weighted by molar-refractivity contribution is 0.219. The van der Waals surface area contributed by atoms with Gasteiger partial charge in [-0.25, -0.2) is 13.1 Å². The molecule has 0 aromatic rings. The van der Waals surface area contributed by atoms with E-state index in [0.29, 0.717) is 11.7 Å². The molecule has 0 spiro atoms. The maximum Gasteiger partial charge on any atom is 0.212 e. The highest BCUT2D eigenvalue weighted by atomic mass is 32.2. The first-order valence-electron chi connectivity index (χ1n) is 9.01. The minimum atomic E-state index is -3.07. The summed E-state index contributed by atoms with van der Waals surface area (Å²) in [5, 5.41) is 0. The van der Waals surface area contributed by atoms with Crippen molar-refractivity contribution >= 4 is 10.0 Å². The van der Waals surface area contributed by atoms with Crippen LogP contribution in [0.4, 0.5) is 0 Å². The quantitative estimate of drug-likeness (QED) is 0.764. The van der Waals surface area contributed by atoms with Gasteiger partial charge in [0.2, 0.25) is 10.0 Å². The van der Waals surface area contributed by atoms with Crippen LogP contribution in [0.5, 0.6) is 0 Å². The molecule has 0 aromatic heterocycles. The molecule has 0 bridgehead atoms. The summed E-state index contributed by atoms with van der Waals surface area (Å²) < 4.78 is 27.3. The molecule has 1 saturated heterocycles. The third kappa shape index (κ3) is 4.80. The fourth-order valence-electron chi connectivity index (χ4n) is 3.82. The van der Waals surface area contributed by atoms with Gasteiger partial charge in [-0.1, -0.05) is 18.1 Å². The molecule has 5 heteroatoms. The summed E-state index contributed by atoms with van der Waals surface area (Å²) in [5.41, 5.74) is 1.59. The normalized spacial score (nSPS) is 25.7. The van der Waals surface area contributed by atoms with Crippen molar-refractivity contribution in [3.05, 3.63) is 11.6 Å². The summed E-state index contributed by atoms with van der Waals surface area (Å²) in [5.74, 6) is 0.760. The summed E-state index contributed by atoms with van der Waals surface area (Å²) in [6.45, 7) is 3.14. The van der Waals surface area contributed by atoms with Gasteiger partial charge in [0.05, 0.1) is 5.75 Å². The van der Waals surface area contributed by atoms with Crippen molar-refractivity contribution in [2.45, 2.75) is 63.8 Å². The number of hydrogen-bond donors (Lipinski definition) is 1. The van der Waals surface area contributed by atoms with Gasteiger partial charge >= 0.3 is 0 Å². The van der Waals surface area contributed by atoms with Crippen LogP contribution < -0.4 is 4.72 Å². The Labute approximate surface area is 135 Å². The zero-order valence-corrected chi connectivity index (χ0v) is 14.4. The number of rotatable bonds is 6. The Bertz CT molecular complexity index is 489. The van der Waals surface area contributed by atoms with E-state index in [0.717, 1.165) is 45.3 Å². The van der Waals surface area contributed by atoms with Gasteiger partial charge in [-0.3, -0.25) is 4.90 Å². The number of allylic oxidation sites excluding steroid dienone is 1. The van der Waals surface area contributed by atoms with Crippen LogP contribution in [0.25, 0.3) is 0 Å². The van der Waals surface area contributed by atoms with Crippen molar-refractivity contribution < 1.29 is 8.42 Å². The second-order valence-electron chi connectivity index (χ2n) is 7.35. The predicted octanol–water partition coefficient (Wildman–Crippen LogP) is 2.67. The molecule has 0 aromatic carbocycles. The Hall–Kier alpha value is -0.390. The minimum absolute atomic E-state index is 0.154. The lowest BCUT2D eigenvalue weighted by Gasteiger charge is -2.34. The SMILES string of the molecule is O=S(=O)(CC1CCC1)NC1CCN(CC2=CCCCC2)CC1. The first kappa shape index (κ1) is 16.5. The summed E-state index contributed by atoms with van der Waals surface area (Å²) in [4.78, 5) is 2.49. The first-order chi connectivity index (χ1) is 10.6.